The summed E-state index contributed by atoms with van der Waals surface area (Å²) in [5.41, 5.74) is 6.88. The van der Waals surface area contributed by atoms with Crippen LogP contribution in [-0.4, -0.2) is 40.3 Å². The molecular weight excluding hydrogens is 647 g/mol. The van der Waals surface area contributed by atoms with Crippen LogP contribution in [-0.2, 0) is 39.5 Å². The number of hydrogen-bond acceptors (Lipinski definition) is 5. The van der Waals surface area contributed by atoms with E-state index in [9.17, 15) is 4.79 Å². The van der Waals surface area contributed by atoms with E-state index in [0.29, 0.717) is 19.1 Å². The fraction of sp³-hybridized carbons (Fsp3) is 0.300. The zero-order chi connectivity index (χ0) is 34.3. The Labute approximate surface area is 293 Å². The second-order valence-electron chi connectivity index (χ2n) is 13.4. The molecule has 0 bridgehead atoms. The highest BCUT2D eigenvalue weighted by atomic mass is 32.2. The Bertz CT molecular complexity index is 2060. The molecule has 8 rings (SSSR count). The van der Waals surface area contributed by atoms with Gasteiger partial charge in [-0.1, -0.05) is 97.1 Å². The van der Waals surface area contributed by atoms with Crippen molar-refractivity contribution in [1.82, 2.24) is 14.5 Å². The summed E-state index contributed by atoms with van der Waals surface area (Å²) < 4.78 is 37.6. The van der Waals surface area contributed by atoms with Crippen LogP contribution in [0, 0.1) is 0 Å². The molecule has 2 heterocycles. The SMILES string of the molecule is COC[C@H]1CCc2cc3c(c(NC(=O)N=S(=O)(NC(c4ccccc4)(c4ccccc4)c4ccccc4)c4cnn5c4OC[C@@H]5C)c21)CCC3. The van der Waals surface area contributed by atoms with Crippen molar-refractivity contribution >= 4 is 21.6 Å². The third kappa shape index (κ3) is 5.52. The molecule has 5 aromatic rings. The largest absolute Gasteiger partial charge is 0.475 e. The second-order valence-corrected chi connectivity index (χ2v) is 15.3. The van der Waals surface area contributed by atoms with Crippen LogP contribution < -0.4 is 14.8 Å². The lowest BCUT2D eigenvalue weighted by Crippen LogP contribution is -2.48. The molecule has 0 radical (unpaired) electrons. The van der Waals surface area contributed by atoms with Crippen molar-refractivity contribution in [2.24, 2.45) is 4.36 Å². The molecule has 0 saturated heterocycles. The van der Waals surface area contributed by atoms with Gasteiger partial charge >= 0.3 is 6.03 Å². The zero-order valence-corrected chi connectivity index (χ0v) is 29.1. The van der Waals surface area contributed by atoms with Crippen LogP contribution in [0.15, 0.2) is 113 Å². The molecule has 1 aliphatic heterocycles. The second kappa shape index (κ2) is 13.2. The van der Waals surface area contributed by atoms with Crippen molar-refractivity contribution < 1.29 is 18.5 Å². The number of urea groups is 1. The molecule has 50 heavy (non-hydrogen) atoms. The van der Waals surface area contributed by atoms with Crippen LogP contribution in [0.4, 0.5) is 10.5 Å². The average Bonchev–Trinajstić information content (AvgIpc) is 3.95. The Kier molecular flexibility index (Phi) is 8.54. The number of amides is 2. The highest BCUT2D eigenvalue weighted by Gasteiger charge is 2.43. The van der Waals surface area contributed by atoms with Crippen molar-refractivity contribution in [2.45, 2.75) is 61.4 Å². The maximum atomic E-state index is 16.0. The topological polar surface area (TPSA) is 107 Å². The molecule has 3 atom stereocenters. The Morgan fingerprint density at radius 1 is 0.960 bits per heavy atom. The molecule has 10 heteroatoms. The summed E-state index contributed by atoms with van der Waals surface area (Å²) in [6.45, 7) is 2.93. The molecule has 1 aromatic heterocycles. The van der Waals surface area contributed by atoms with Gasteiger partial charge in [-0.05, 0) is 78.0 Å². The van der Waals surface area contributed by atoms with Gasteiger partial charge in [0.2, 0.25) is 5.88 Å². The van der Waals surface area contributed by atoms with E-state index in [4.69, 9.17) is 9.47 Å². The quantitative estimate of drug-likeness (QED) is 0.156. The first-order valence-corrected chi connectivity index (χ1v) is 18.8. The van der Waals surface area contributed by atoms with E-state index in [2.05, 4.69) is 25.6 Å². The Balaban J connectivity index is 1.33. The van der Waals surface area contributed by atoms with Gasteiger partial charge < -0.3 is 14.8 Å². The number of hydrogen-bond donors (Lipinski definition) is 2. The van der Waals surface area contributed by atoms with Crippen molar-refractivity contribution in [3.05, 3.63) is 142 Å². The summed E-state index contributed by atoms with van der Waals surface area (Å²) in [5, 5.41) is 7.76. The Hall–Kier alpha value is -4.77. The molecule has 0 fully saturated rings. The fourth-order valence-corrected chi connectivity index (χ4v) is 9.93. The number of aromatic nitrogens is 2. The van der Waals surface area contributed by atoms with Gasteiger partial charge in [-0.25, -0.2) is 18.4 Å². The lowest BCUT2D eigenvalue weighted by atomic mass is 9.78. The van der Waals surface area contributed by atoms with Gasteiger partial charge in [0, 0.05) is 18.7 Å². The number of benzene rings is 4. The highest BCUT2D eigenvalue weighted by Crippen LogP contribution is 2.45. The lowest BCUT2D eigenvalue weighted by molar-refractivity contribution is 0.179. The van der Waals surface area contributed by atoms with E-state index in [0.717, 1.165) is 65.6 Å². The van der Waals surface area contributed by atoms with Crippen molar-refractivity contribution in [3.8, 4) is 5.88 Å². The third-order valence-corrected chi connectivity index (χ3v) is 12.2. The van der Waals surface area contributed by atoms with Crippen molar-refractivity contribution in [3.63, 3.8) is 0 Å². The molecule has 9 nitrogen and oxygen atoms in total. The number of anilines is 1. The number of fused-ring (bicyclic) bond motifs is 3. The molecule has 1 unspecified atom stereocenters. The molecule has 2 N–H and O–H groups in total. The minimum atomic E-state index is -3.82. The monoisotopic (exact) mass is 687 g/mol. The maximum absolute atomic E-state index is 16.0. The van der Waals surface area contributed by atoms with Gasteiger partial charge in [0.1, 0.15) is 17.0 Å². The van der Waals surface area contributed by atoms with E-state index < -0.39 is 21.5 Å². The molecule has 256 valence electrons. The van der Waals surface area contributed by atoms with E-state index in [-0.39, 0.29) is 16.9 Å². The number of nitrogens with zero attached hydrogens (tertiary/aromatic N) is 3. The number of methoxy groups -OCH3 is 1. The lowest BCUT2D eigenvalue weighted by Gasteiger charge is -2.37. The molecule has 0 spiro atoms. The average molecular weight is 688 g/mol. The minimum absolute atomic E-state index is 0.0643. The maximum Gasteiger partial charge on any atom is 0.354 e. The van der Waals surface area contributed by atoms with Crippen LogP contribution in [0.2, 0.25) is 0 Å². The summed E-state index contributed by atoms with van der Waals surface area (Å²) in [6, 6.07) is 31.2. The first-order valence-electron chi connectivity index (χ1n) is 17.3. The number of rotatable bonds is 9. The summed E-state index contributed by atoms with van der Waals surface area (Å²) in [6.07, 6.45) is 6.28. The number of ether oxygens (including phenoxy) is 2. The number of carbonyl (C=O) groups is 1. The van der Waals surface area contributed by atoms with Crippen molar-refractivity contribution in [2.75, 3.05) is 25.6 Å². The standard InChI is InChI=1S/C40H41N5O4S/c1-27-25-49-38-35(24-41-45(27)38)50(47,43-39(46)42-37-34-20-12-13-28(34)23-29-21-22-30(26-48-2)36(29)37)44-40(31-14-6-3-7-15-31,32-16-8-4-9-17-32)33-18-10-5-11-19-33/h3-11,14-19,23-24,27,30H,12-13,20-22,25-26H2,1-2H3,(H2,42,43,44,46,47)/t27-,30+,50?/m0/s1. The smallest absolute Gasteiger partial charge is 0.354 e. The Morgan fingerprint density at radius 3 is 2.22 bits per heavy atom. The van der Waals surface area contributed by atoms with Gasteiger partial charge in [0.05, 0.1) is 18.8 Å². The van der Waals surface area contributed by atoms with Crippen LogP contribution in [0.5, 0.6) is 5.88 Å². The molecule has 2 amide bonds. The summed E-state index contributed by atoms with van der Waals surface area (Å²) in [5.74, 6) is 0.505. The van der Waals surface area contributed by atoms with Gasteiger partial charge in [-0.15, -0.1) is 4.36 Å². The van der Waals surface area contributed by atoms with Gasteiger partial charge in [-0.2, -0.15) is 5.10 Å². The number of carbonyl (C=O) groups excluding carboxylic acids is 1. The summed E-state index contributed by atoms with van der Waals surface area (Å²) in [4.78, 5) is 14.7. The van der Waals surface area contributed by atoms with Crippen molar-refractivity contribution in [1.29, 1.82) is 0 Å². The van der Waals surface area contributed by atoms with E-state index in [1.54, 1.807) is 11.8 Å². The Morgan fingerprint density at radius 2 is 1.60 bits per heavy atom. The van der Waals surface area contributed by atoms with E-state index in [1.165, 1.54) is 17.3 Å². The van der Waals surface area contributed by atoms with Crippen LogP contribution in [0.3, 0.4) is 0 Å². The normalized spacial score (nSPS) is 18.8. The first kappa shape index (κ1) is 32.4. The number of nitrogens with one attached hydrogen (secondary N) is 2. The predicted octanol–water partition coefficient (Wildman–Crippen LogP) is 7.56. The molecule has 0 saturated carbocycles. The van der Waals surface area contributed by atoms with Crippen LogP contribution >= 0.6 is 0 Å². The van der Waals surface area contributed by atoms with E-state index >= 15 is 4.21 Å². The molecule has 4 aromatic carbocycles. The van der Waals surface area contributed by atoms with Gasteiger partial charge in [0.15, 0.2) is 9.92 Å². The molecule has 2 aliphatic carbocycles. The number of aryl methyl sites for hydroxylation is 2. The minimum Gasteiger partial charge on any atom is -0.475 e. The molecule has 3 aliphatic rings. The highest BCUT2D eigenvalue weighted by molar-refractivity contribution is 7.92. The predicted molar refractivity (Wildman–Crippen MR) is 194 cm³/mol. The van der Waals surface area contributed by atoms with Crippen LogP contribution in [0.25, 0.3) is 0 Å². The van der Waals surface area contributed by atoms with Gasteiger partial charge in [0.25, 0.3) is 0 Å². The fourth-order valence-electron chi connectivity index (χ4n) is 8.05. The van der Waals surface area contributed by atoms with Crippen LogP contribution in [0.1, 0.15) is 70.7 Å². The first-order chi connectivity index (χ1) is 24.4. The third-order valence-electron chi connectivity index (χ3n) is 10.3. The zero-order valence-electron chi connectivity index (χ0n) is 28.3. The molecular formula is C40H41N5O4S. The summed E-state index contributed by atoms with van der Waals surface area (Å²) >= 11 is 0. The van der Waals surface area contributed by atoms with E-state index in [1.807, 2.05) is 97.9 Å². The summed E-state index contributed by atoms with van der Waals surface area (Å²) in [7, 11) is -2.10. The van der Waals surface area contributed by atoms with Gasteiger partial charge in [-0.3, -0.25) is 0 Å².